The number of rotatable bonds is 4. The highest BCUT2D eigenvalue weighted by atomic mass is 15.3. The number of fused-ring (bicyclic) bond motifs is 2. The molecule has 1 N–H and O–H groups in total. The van der Waals surface area contributed by atoms with Crippen molar-refractivity contribution in [3.8, 4) is 0 Å². The van der Waals surface area contributed by atoms with Gasteiger partial charge in [-0.2, -0.15) is 0 Å². The van der Waals surface area contributed by atoms with Crippen molar-refractivity contribution in [2.45, 2.75) is 44.2 Å². The molecule has 110 valence electrons. The highest BCUT2D eigenvalue weighted by molar-refractivity contribution is 4.95. The van der Waals surface area contributed by atoms with Crippen molar-refractivity contribution >= 4 is 0 Å². The molecular weight excluding hydrogens is 234 g/mol. The lowest BCUT2D eigenvalue weighted by Gasteiger charge is -2.43. The average Bonchev–Trinajstić information content (AvgIpc) is 3.01. The lowest BCUT2D eigenvalue weighted by molar-refractivity contribution is 0.0787. The summed E-state index contributed by atoms with van der Waals surface area (Å²) in [5.41, 5.74) is 0. The van der Waals surface area contributed by atoms with Gasteiger partial charge in [0.25, 0.3) is 0 Å². The van der Waals surface area contributed by atoms with Gasteiger partial charge in [0.2, 0.25) is 0 Å². The molecule has 2 bridgehead atoms. The summed E-state index contributed by atoms with van der Waals surface area (Å²) in [6.07, 6.45) is 7.51. The maximum atomic E-state index is 3.64. The van der Waals surface area contributed by atoms with Crippen molar-refractivity contribution in [3.63, 3.8) is 0 Å². The predicted molar refractivity (Wildman–Crippen MR) is 80.3 cm³/mol. The number of nitrogens with zero attached hydrogens (tertiary/aromatic N) is 2. The molecule has 5 atom stereocenters. The molecule has 2 saturated carbocycles. The molecule has 0 aromatic rings. The third-order valence-corrected chi connectivity index (χ3v) is 6.18. The summed E-state index contributed by atoms with van der Waals surface area (Å²) in [5.74, 6) is 3.16. The van der Waals surface area contributed by atoms with E-state index < -0.39 is 0 Å². The second kappa shape index (κ2) is 5.71. The van der Waals surface area contributed by atoms with E-state index in [0.29, 0.717) is 12.1 Å². The van der Waals surface area contributed by atoms with Crippen LogP contribution in [0.2, 0.25) is 0 Å². The van der Waals surface area contributed by atoms with Gasteiger partial charge in [-0.05, 0) is 64.6 Å². The van der Waals surface area contributed by atoms with Gasteiger partial charge < -0.3 is 10.2 Å². The zero-order valence-electron chi connectivity index (χ0n) is 12.9. The van der Waals surface area contributed by atoms with Crippen molar-refractivity contribution in [3.05, 3.63) is 0 Å². The van der Waals surface area contributed by atoms with E-state index in [4.69, 9.17) is 0 Å². The lowest BCUT2D eigenvalue weighted by Crippen LogP contribution is -2.58. The summed E-state index contributed by atoms with van der Waals surface area (Å²) in [6.45, 7) is 3.66. The standard InChI is InChI=1S/C16H31N3/c1-17-15(16-11-18(2)6-7-19(16)3)10-14-9-12-4-5-13(14)8-12/h12-17H,4-11H2,1-3H3. The van der Waals surface area contributed by atoms with Crippen molar-refractivity contribution in [2.24, 2.45) is 17.8 Å². The summed E-state index contributed by atoms with van der Waals surface area (Å²) in [5, 5.41) is 3.64. The van der Waals surface area contributed by atoms with Gasteiger partial charge in [0.1, 0.15) is 0 Å². The van der Waals surface area contributed by atoms with Gasteiger partial charge in [0.15, 0.2) is 0 Å². The fraction of sp³-hybridized carbons (Fsp3) is 1.00. The van der Waals surface area contributed by atoms with Crippen LogP contribution in [-0.2, 0) is 0 Å². The first-order valence-corrected chi connectivity index (χ1v) is 8.23. The molecule has 1 heterocycles. The van der Waals surface area contributed by atoms with E-state index in [-0.39, 0.29) is 0 Å². The molecule has 1 aliphatic heterocycles. The van der Waals surface area contributed by atoms with Crippen LogP contribution in [0.1, 0.15) is 32.1 Å². The van der Waals surface area contributed by atoms with E-state index in [2.05, 4.69) is 36.3 Å². The van der Waals surface area contributed by atoms with Gasteiger partial charge in [-0.3, -0.25) is 4.90 Å². The topological polar surface area (TPSA) is 18.5 Å². The zero-order chi connectivity index (χ0) is 13.4. The minimum atomic E-state index is 0.678. The summed E-state index contributed by atoms with van der Waals surface area (Å²) in [7, 11) is 6.74. The summed E-state index contributed by atoms with van der Waals surface area (Å²) >= 11 is 0. The van der Waals surface area contributed by atoms with Crippen LogP contribution in [0.3, 0.4) is 0 Å². The van der Waals surface area contributed by atoms with E-state index >= 15 is 0 Å². The maximum absolute atomic E-state index is 3.64. The van der Waals surface area contributed by atoms with E-state index in [9.17, 15) is 0 Å². The molecule has 3 fully saturated rings. The number of piperazine rings is 1. The van der Waals surface area contributed by atoms with Crippen LogP contribution in [0.15, 0.2) is 0 Å². The first-order valence-electron chi connectivity index (χ1n) is 8.23. The molecule has 0 amide bonds. The van der Waals surface area contributed by atoms with Gasteiger partial charge in [-0.15, -0.1) is 0 Å². The third kappa shape index (κ3) is 2.84. The van der Waals surface area contributed by atoms with E-state index in [1.807, 2.05) is 0 Å². The van der Waals surface area contributed by atoms with Gasteiger partial charge in [-0.1, -0.05) is 6.42 Å². The number of hydrogen-bond donors (Lipinski definition) is 1. The zero-order valence-corrected chi connectivity index (χ0v) is 12.9. The Kier molecular flexibility index (Phi) is 4.16. The molecule has 0 radical (unpaired) electrons. The first-order chi connectivity index (χ1) is 9.17. The van der Waals surface area contributed by atoms with E-state index in [1.165, 1.54) is 45.3 Å². The molecule has 2 aliphatic carbocycles. The minimum absolute atomic E-state index is 0.678. The fourth-order valence-corrected chi connectivity index (χ4v) is 4.94. The van der Waals surface area contributed by atoms with Crippen molar-refractivity contribution in [2.75, 3.05) is 40.8 Å². The minimum Gasteiger partial charge on any atom is -0.315 e. The van der Waals surface area contributed by atoms with Crippen LogP contribution in [0.4, 0.5) is 0 Å². The Morgan fingerprint density at radius 1 is 1.16 bits per heavy atom. The van der Waals surface area contributed by atoms with Crippen LogP contribution in [0.25, 0.3) is 0 Å². The molecule has 0 aromatic carbocycles. The Morgan fingerprint density at radius 2 is 2.00 bits per heavy atom. The van der Waals surface area contributed by atoms with Crippen molar-refractivity contribution < 1.29 is 0 Å². The highest BCUT2D eigenvalue weighted by Gasteiger charge is 2.41. The van der Waals surface area contributed by atoms with E-state index in [1.54, 1.807) is 6.42 Å². The largest absolute Gasteiger partial charge is 0.315 e. The van der Waals surface area contributed by atoms with Crippen LogP contribution in [0.5, 0.6) is 0 Å². The quantitative estimate of drug-likeness (QED) is 0.834. The number of hydrogen-bond acceptors (Lipinski definition) is 3. The monoisotopic (exact) mass is 265 g/mol. The molecule has 0 spiro atoms. The SMILES string of the molecule is CNC(CC1CC2CCC1C2)C1CN(C)CCN1C. The number of nitrogens with one attached hydrogen (secondary N) is 1. The summed E-state index contributed by atoms with van der Waals surface area (Å²) < 4.78 is 0. The normalized spacial score (nSPS) is 41.8. The Balaban J connectivity index is 1.60. The van der Waals surface area contributed by atoms with Crippen LogP contribution < -0.4 is 5.32 Å². The average molecular weight is 265 g/mol. The van der Waals surface area contributed by atoms with Crippen LogP contribution >= 0.6 is 0 Å². The van der Waals surface area contributed by atoms with Crippen molar-refractivity contribution in [1.29, 1.82) is 0 Å². The van der Waals surface area contributed by atoms with Crippen LogP contribution in [-0.4, -0.2) is 62.7 Å². The molecule has 19 heavy (non-hydrogen) atoms. The highest BCUT2D eigenvalue weighted by Crippen LogP contribution is 2.50. The molecule has 3 rings (SSSR count). The maximum Gasteiger partial charge on any atom is 0.0373 e. The Labute approximate surface area is 118 Å². The Morgan fingerprint density at radius 3 is 2.63 bits per heavy atom. The molecular formula is C16H31N3. The third-order valence-electron chi connectivity index (χ3n) is 6.18. The first kappa shape index (κ1) is 13.8. The summed E-state index contributed by atoms with van der Waals surface area (Å²) in [4.78, 5) is 5.07. The van der Waals surface area contributed by atoms with Gasteiger partial charge in [-0.25, -0.2) is 0 Å². The second-order valence-electron chi connectivity index (χ2n) is 7.38. The molecule has 5 unspecified atom stereocenters. The smallest absolute Gasteiger partial charge is 0.0373 e. The Hall–Kier alpha value is -0.120. The van der Waals surface area contributed by atoms with Crippen molar-refractivity contribution in [1.82, 2.24) is 15.1 Å². The number of likely N-dealkylation sites (N-methyl/N-ethyl adjacent to an activating group) is 3. The fourth-order valence-electron chi connectivity index (χ4n) is 4.94. The van der Waals surface area contributed by atoms with Gasteiger partial charge in [0, 0.05) is 31.7 Å². The lowest BCUT2D eigenvalue weighted by atomic mass is 9.82. The molecule has 3 heteroatoms. The van der Waals surface area contributed by atoms with Gasteiger partial charge in [0.05, 0.1) is 0 Å². The second-order valence-corrected chi connectivity index (χ2v) is 7.38. The van der Waals surface area contributed by atoms with Gasteiger partial charge >= 0.3 is 0 Å². The molecule has 1 saturated heterocycles. The molecule has 3 nitrogen and oxygen atoms in total. The summed E-state index contributed by atoms with van der Waals surface area (Å²) in [6, 6.07) is 1.37. The van der Waals surface area contributed by atoms with Crippen LogP contribution in [0, 0.1) is 17.8 Å². The Bertz CT molecular complexity index is 306. The molecule has 3 aliphatic rings. The molecule has 0 aromatic heterocycles. The predicted octanol–water partition coefficient (Wildman–Crippen LogP) is 1.65. The van der Waals surface area contributed by atoms with E-state index in [0.717, 1.165) is 17.8 Å².